The minimum atomic E-state index is 0.0872. The van der Waals surface area contributed by atoms with Gasteiger partial charge in [-0.1, -0.05) is 18.2 Å². The van der Waals surface area contributed by atoms with E-state index in [-0.39, 0.29) is 5.91 Å². The van der Waals surface area contributed by atoms with Crippen molar-refractivity contribution in [1.29, 1.82) is 0 Å². The van der Waals surface area contributed by atoms with E-state index in [9.17, 15) is 4.79 Å². The first-order valence-corrected chi connectivity index (χ1v) is 10.9. The molecule has 1 N–H and O–H groups in total. The molecule has 1 aliphatic rings. The number of carbonyl (C=O) groups is 1. The maximum Gasteiger partial charge on any atom is 0.225 e. The van der Waals surface area contributed by atoms with Gasteiger partial charge < -0.3 is 14.6 Å². The fraction of sp³-hybridized carbons (Fsp3) is 0.348. The van der Waals surface area contributed by atoms with E-state index >= 15 is 0 Å². The summed E-state index contributed by atoms with van der Waals surface area (Å²) >= 11 is 1.69. The summed E-state index contributed by atoms with van der Waals surface area (Å²) in [6.07, 6.45) is 2.49. The molecule has 3 aromatic rings. The third kappa shape index (κ3) is 5.15. The van der Waals surface area contributed by atoms with Gasteiger partial charge >= 0.3 is 0 Å². The number of ether oxygens (including phenoxy) is 1. The molecular weight excluding hydrogens is 382 g/mol. The molecule has 1 aliphatic heterocycles. The zero-order valence-electron chi connectivity index (χ0n) is 16.8. The number of amides is 1. The van der Waals surface area contributed by atoms with Gasteiger partial charge in [0.1, 0.15) is 0 Å². The third-order valence-corrected chi connectivity index (χ3v) is 6.37. The summed E-state index contributed by atoms with van der Waals surface area (Å²) in [5.41, 5.74) is 3.58. The summed E-state index contributed by atoms with van der Waals surface area (Å²) < 4.78 is 7.48. The topological polar surface area (TPSA) is 46.5 Å². The number of aryl methyl sites for hydroxylation is 1. The number of hydrogen-bond donors (Lipinski definition) is 1. The number of rotatable bonds is 7. The molecule has 3 heterocycles. The van der Waals surface area contributed by atoms with Gasteiger partial charge in [0.05, 0.1) is 19.6 Å². The second-order valence-electron chi connectivity index (χ2n) is 7.33. The standard InChI is InChI=1S/C23H27N3O2S/c1-25-10-3-6-21(25)18-4-2-5-19(16-18)22-8-7-20(29-22)17-23(27)24-9-11-26-12-14-28-15-13-26/h2-8,10,16H,9,11-15,17H2,1H3,(H,24,27). The molecule has 0 aliphatic carbocycles. The Morgan fingerprint density at radius 2 is 1.93 bits per heavy atom. The molecule has 4 rings (SSSR count). The van der Waals surface area contributed by atoms with Crippen LogP contribution in [0.25, 0.3) is 21.7 Å². The van der Waals surface area contributed by atoms with Gasteiger partial charge in [-0.25, -0.2) is 0 Å². The van der Waals surface area contributed by atoms with Gasteiger partial charge in [0.2, 0.25) is 5.91 Å². The van der Waals surface area contributed by atoms with Gasteiger partial charge in [-0.2, -0.15) is 0 Å². The van der Waals surface area contributed by atoms with E-state index in [1.54, 1.807) is 11.3 Å². The molecule has 29 heavy (non-hydrogen) atoms. The Morgan fingerprint density at radius 1 is 1.10 bits per heavy atom. The second kappa shape index (κ2) is 9.39. The normalized spacial score (nSPS) is 14.8. The number of hydrogen-bond acceptors (Lipinski definition) is 4. The first-order valence-electron chi connectivity index (χ1n) is 10.1. The van der Waals surface area contributed by atoms with Crippen LogP contribution in [-0.4, -0.2) is 54.8 Å². The highest BCUT2D eigenvalue weighted by Gasteiger charge is 2.12. The highest BCUT2D eigenvalue weighted by molar-refractivity contribution is 7.15. The Balaban J connectivity index is 1.33. The van der Waals surface area contributed by atoms with Crippen LogP contribution < -0.4 is 5.32 Å². The van der Waals surface area contributed by atoms with E-state index in [4.69, 9.17) is 4.74 Å². The Kier molecular flexibility index (Phi) is 6.44. The first-order chi connectivity index (χ1) is 14.2. The molecule has 5 nitrogen and oxygen atoms in total. The van der Waals surface area contributed by atoms with Crippen LogP contribution in [0.1, 0.15) is 4.88 Å². The molecule has 1 aromatic carbocycles. The van der Waals surface area contributed by atoms with Crippen LogP contribution >= 0.6 is 11.3 Å². The third-order valence-electron chi connectivity index (χ3n) is 5.24. The number of nitrogens with one attached hydrogen (secondary N) is 1. The van der Waals surface area contributed by atoms with Gasteiger partial charge in [-0.3, -0.25) is 9.69 Å². The van der Waals surface area contributed by atoms with E-state index in [1.807, 2.05) is 0 Å². The summed E-state index contributed by atoms with van der Waals surface area (Å²) in [6, 6.07) is 16.9. The summed E-state index contributed by atoms with van der Waals surface area (Å²) in [7, 11) is 2.06. The number of morpholine rings is 1. The Bertz CT molecular complexity index is 956. The molecule has 2 aromatic heterocycles. The van der Waals surface area contributed by atoms with Crippen LogP contribution in [-0.2, 0) is 23.0 Å². The van der Waals surface area contributed by atoms with Crippen LogP contribution in [0.3, 0.4) is 0 Å². The molecule has 1 fully saturated rings. The van der Waals surface area contributed by atoms with Gasteiger partial charge in [0.15, 0.2) is 0 Å². The minimum Gasteiger partial charge on any atom is -0.379 e. The number of benzene rings is 1. The highest BCUT2D eigenvalue weighted by Crippen LogP contribution is 2.31. The lowest BCUT2D eigenvalue weighted by atomic mass is 10.1. The van der Waals surface area contributed by atoms with Gasteiger partial charge in [-0.15, -0.1) is 11.3 Å². The molecule has 0 saturated carbocycles. The predicted molar refractivity (Wildman–Crippen MR) is 118 cm³/mol. The Hall–Kier alpha value is -2.41. The molecule has 1 saturated heterocycles. The smallest absolute Gasteiger partial charge is 0.225 e. The molecule has 0 atom stereocenters. The average Bonchev–Trinajstić information content (AvgIpc) is 3.38. The molecule has 0 spiro atoms. The zero-order chi connectivity index (χ0) is 20.1. The van der Waals surface area contributed by atoms with Gasteiger partial charge in [-0.05, 0) is 41.5 Å². The lowest BCUT2D eigenvalue weighted by molar-refractivity contribution is -0.120. The van der Waals surface area contributed by atoms with Crippen LogP contribution in [0.4, 0.5) is 0 Å². The summed E-state index contributed by atoms with van der Waals surface area (Å²) in [6.45, 7) is 5.05. The van der Waals surface area contributed by atoms with Crippen molar-refractivity contribution in [2.75, 3.05) is 39.4 Å². The van der Waals surface area contributed by atoms with E-state index in [0.29, 0.717) is 13.0 Å². The van der Waals surface area contributed by atoms with Gasteiger partial charge in [0.25, 0.3) is 0 Å². The van der Waals surface area contributed by atoms with Crippen molar-refractivity contribution < 1.29 is 9.53 Å². The van der Waals surface area contributed by atoms with Crippen LogP contribution in [0.2, 0.25) is 0 Å². The maximum atomic E-state index is 12.3. The van der Waals surface area contributed by atoms with Crippen molar-refractivity contribution in [2.24, 2.45) is 7.05 Å². The van der Waals surface area contributed by atoms with E-state index < -0.39 is 0 Å². The summed E-state index contributed by atoms with van der Waals surface area (Å²) in [5.74, 6) is 0.0872. The van der Waals surface area contributed by atoms with Gasteiger partial charge in [0, 0.05) is 54.9 Å². The number of aromatic nitrogens is 1. The van der Waals surface area contributed by atoms with Crippen molar-refractivity contribution >= 4 is 17.2 Å². The minimum absolute atomic E-state index is 0.0872. The monoisotopic (exact) mass is 409 g/mol. The van der Waals surface area contributed by atoms with Crippen LogP contribution in [0, 0.1) is 0 Å². The predicted octanol–water partition coefficient (Wildman–Crippen LogP) is 3.41. The fourth-order valence-electron chi connectivity index (χ4n) is 3.62. The number of carbonyl (C=O) groups excluding carboxylic acids is 1. The average molecular weight is 410 g/mol. The van der Waals surface area contributed by atoms with E-state index in [1.165, 1.54) is 21.7 Å². The van der Waals surface area contributed by atoms with E-state index in [2.05, 4.69) is 76.6 Å². The molecule has 1 amide bonds. The van der Waals surface area contributed by atoms with E-state index in [0.717, 1.165) is 37.7 Å². The number of nitrogens with zero attached hydrogens (tertiary/aromatic N) is 2. The lowest BCUT2D eigenvalue weighted by Crippen LogP contribution is -2.41. The molecule has 0 bridgehead atoms. The quantitative estimate of drug-likeness (QED) is 0.651. The van der Waals surface area contributed by atoms with Crippen molar-refractivity contribution in [3.05, 3.63) is 59.6 Å². The SMILES string of the molecule is Cn1cccc1-c1cccc(-c2ccc(CC(=O)NCCN3CCOCC3)s2)c1. The van der Waals surface area contributed by atoms with Crippen molar-refractivity contribution in [3.63, 3.8) is 0 Å². The Labute approximate surface area is 175 Å². The summed E-state index contributed by atoms with van der Waals surface area (Å²) in [4.78, 5) is 16.9. The molecule has 0 radical (unpaired) electrons. The Morgan fingerprint density at radius 3 is 2.72 bits per heavy atom. The fourth-order valence-corrected chi connectivity index (χ4v) is 4.62. The highest BCUT2D eigenvalue weighted by atomic mass is 32.1. The van der Waals surface area contributed by atoms with Crippen LogP contribution in [0.15, 0.2) is 54.7 Å². The maximum absolute atomic E-state index is 12.3. The first kappa shape index (κ1) is 19.9. The zero-order valence-corrected chi connectivity index (χ0v) is 17.6. The second-order valence-corrected chi connectivity index (χ2v) is 8.50. The molecular formula is C23H27N3O2S. The van der Waals surface area contributed by atoms with Crippen molar-refractivity contribution in [2.45, 2.75) is 6.42 Å². The lowest BCUT2D eigenvalue weighted by Gasteiger charge is -2.26. The molecule has 6 heteroatoms. The molecule has 152 valence electrons. The number of thiophene rings is 1. The van der Waals surface area contributed by atoms with Crippen molar-refractivity contribution in [1.82, 2.24) is 14.8 Å². The van der Waals surface area contributed by atoms with Crippen molar-refractivity contribution in [3.8, 4) is 21.7 Å². The molecule has 0 unspecified atom stereocenters. The largest absolute Gasteiger partial charge is 0.379 e. The summed E-state index contributed by atoms with van der Waals surface area (Å²) in [5, 5.41) is 3.04. The van der Waals surface area contributed by atoms with Crippen LogP contribution in [0.5, 0.6) is 0 Å².